The quantitative estimate of drug-likeness (QED) is 0.599. The monoisotopic (exact) mass is 359 g/mol. The second-order valence-corrected chi connectivity index (χ2v) is 8.04. The summed E-state index contributed by atoms with van der Waals surface area (Å²) in [5.41, 5.74) is 1.20. The summed E-state index contributed by atoms with van der Waals surface area (Å²) >= 11 is 0. The average Bonchev–Trinajstić information content (AvgIpc) is 3.30. The maximum atomic E-state index is 13.2. The highest BCUT2D eigenvalue weighted by Crippen LogP contribution is 2.60. The smallest absolute Gasteiger partial charge is 0.241 e. The number of ether oxygens (including phenoxy) is 1. The van der Waals surface area contributed by atoms with Crippen LogP contribution in [0.3, 0.4) is 0 Å². The Bertz CT molecular complexity index is 960. The van der Waals surface area contributed by atoms with E-state index in [1.165, 1.54) is 10.5 Å². The Kier molecular flexibility index (Phi) is 3.36. The molecule has 2 aliphatic carbocycles. The lowest BCUT2D eigenvalue weighted by atomic mass is 9.71. The van der Waals surface area contributed by atoms with Gasteiger partial charge in [-0.2, -0.15) is 0 Å². The molecule has 0 radical (unpaired) electrons. The van der Waals surface area contributed by atoms with E-state index < -0.39 is 5.41 Å². The van der Waals surface area contributed by atoms with Crippen LogP contribution < -0.4 is 9.64 Å². The summed E-state index contributed by atoms with van der Waals surface area (Å²) in [6, 6.07) is 15.0. The van der Waals surface area contributed by atoms with E-state index in [0.29, 0.717) is 11.4 Å². The second-order valence-electron chi connectivity index (χ2n) is 8.04. The van der Waals surface area contributed by atoms with Gasteiger partial charge in [0.1, 0.15) is 11.5 Å². The van der Waals surface area contributed by atoms with Crippen LogP contribution in [-0.4, -0.2) is 11.8 Å². The molecule has 1 saturated carbocycles. The molecular weight excluding hydrogens is 338 g/mol. The minimum atomic E-state index is -0.590. The molecule has 3 aliphatic rings. The highest BCUT2D eigenvalue weighted by Gasteiger charge is 2.67. The summed E-state index contributed by atoms with van der Waals surface area (Å²) in [4.78, 5) is 27.6. The Balaban J connectivity index is 1.40. The number of amides is 2. The first-order chi connectivity index (χ1) is 13.0. The maximum Gasteiger partial charge on any atom is 0.241 e. The number of hydrogen-bond acceptors (Lipinski definition) is 3. The number of carbonyl (C=O) groups excluding carboxylic acids is 2. The fourth-order valence-corrected chi connectivity index (χ4v) is 4.96. The average molecular weight is 359 g/mol. The summed E-state index contributed by atoms with van der Waals surface area (Å²) in [6.45, 7) is 3.99. The van der Waals surface area contributed by atoms with Crippen molar-refractivity contribution in [3.8, 4) is 11.5 Å². The largest absolute Gasteiger partial charge is 0.457 e. The molecule has 5 rings (SSSR count). The summed E-state index contributed by atoms with van der Waals surface area (Å²) in [5.74, 6) is 1.46. The van der Waals surface area contributed by atoms with Crippen LogP contribution in [0.1, 0.15) is 18.9 Å². The summed E-state index contributed by atoms with van der Waals surface area (Å²) < 4.78 is 5.84. The molecule has 1 aliphatic heterocycles. The van der Waals surface area contributed by atoms with Crippen molar-refractivity contribution >= 4 is 17.5 Å². The van der Waals surface area contributed by atoms with Gasteiger partial charge in [-0.1, -0.05) is 29.8 Å². The van der Waals surface area contributed by atoms with E-state index in [2.05, 4.69) is 12.2 Å². The van der Waals surface area contributed by atoms with Crippen molar-refractivity contribution in [2.45, 2.75) is 20.3 Å². The van der Waals surface area contributed by atoms with Crippen molar-refractivity contribution in [1.82, 2.24) is 0 Å². The van der Waals surface area contributed by atoms with Gasteiger partial charge in [-0.05, 0) is 68.5 Å². The van der Waals surface area contributed by atoms with Gasteiger partial charge in [-0.25, -0.2) is 4.90 Å². The lowest BCUT2D eigenvalue weighted by Gasteiger charge is -2.28. The van der Waals surface area contributed by atoms with E-state index >= 15 is 0 Å². The number of rotatable bonds is 3. The normalized spacial score (nSPS) is 30.9. The molecule has 27 heavy (non-hydrogen) atoms. The van der Waals surface area contributed by atoms with E-state index in [1.807, 2.05) is 38.1 Å². The van der Waals surface area contributed by atoms with Crippen LogP contribution in [0.15, 0.2) is 60.7 Å². The van der Waals surface area contributed by atoms with Crippen LogP contribution >= 0.6 is 0 Å². The minimum Gasteiger partial charge on any atom is -0.457 e. The molecule has 1 heterocycles. The number of carbonyl (C=O) groups is 2. The zero-order valence-electron chi connectivity index (χ0n) is 15.4. The van der Waals surface area contributed by atoms with Crippen LogP contribution in [0, 0.1) is 30.1 Å². The number of nitrogens with zero attached hydrogens (tertiary/aromatic N) is 1. The number of imide groups is 1. The molecule has 2 fully saturated rings. The maximum absolute atomic E-state index is 13.2. The zero-order chi connectivity index (χ0) is 18.8. The molecule has 136 valence electrons. The molecule has 0 N–H and O–H groups in total. The second kappa shape index (κ2) is 5.56. The third-order valence-electron chi connectivity index (χ3n) is 6.46. The number of aryl methyl sites for hydroxylation is 1. The molecular formula is C23H21NO3. The van der Waals surface area contributed by atoms with E-state index in [9.17, 15) is 9.59 Å². The predicted octanol–water partition coefficient (Wildman–Crippen LogP) is 4.49. The lowest BCUT2D eigenvalue weighted by molar-refractivity contribution is -0.127. The molecule has 1 saturated heterocycles. The van der Waals surface area contributed by atoms with E-state index in [-0.39, 0.29) is 29.6 Å². The van der Waals surface area contributed by atoms with Crippen LogP contribution in [0.4, 0.5) is 5.69 Å². The molecule has 2 bridgehead atoms. The zero-order valence-corrected chi connectivity index (χ0v) is 15.4. The van der Waals surface area contributed by atoms with E-state index in [1.54, 1.807) is 24.3 Å². The van der Waals surface area contributed by atoms with Gasteiger partial charge in [0.05, 0.1) is 17.0 Å². The number of allylic oxidation sites excluding steroid dienone is 2. The van der Waals surface area contributed by atoms with Gasteiger partial charge in [0, 0.05) is 0 Å². The number of anilines is 1. The van der Waals surface area contributed by atoms with Crippen molar-refractivity contribution in [2.75, 3.05) is 4.90 Å². The van der Waals surface area contributed by atoms with Gasteiger partial charge in [-0.3, -0.25) is 9.59 Å². The van der Waals surface area contributed by atoms with Gasteiger partial charge in [0.2, 0.25) is 11.8 Å². The van der Waals surface area contributed by atoms with Gasteiger partial charge in [-0.15, -0.1) is 0 Å². The fourth-order valence-electron chi connectivity index (χ4n) is 4.96. The van der Waals surface area contributed by atoms with Crippen LogP contribution in [-0.2, 0) is 9.59 Å². The highest BCUT2D eigenvalue weighted by atomic mass is 16.5. The SMILES string of the molecule is Cc1ccc(Oc2ccc(N3C(=O)[C@H]4[C@@H]5C=C[C@@H](C5)[C@@]4(C)C3=O)cc2)cc1. The fraction of sp³-hybridized carbons (Fsp3) is 0.304. The Labute approximate surface area is 158 Å². The molecule has 0 spiro atoms. The number of hydrogen-bond donors (Lipinski definition) is 0. The topological polar surface area (TPSA) is 46.6 Å². The van der Waals surface area contributed by atoms with Crippen LogP contribution in [0.25, 0.3) is 0 Å². The molecule has 2 aromatic carbocycles. The van der Waals surface area contributed by atoms with Crippen molar-refractivity contribution < 1.29 is 14.3 Å². The van der Waals surface area contributed by atoms with Crippen molar-refractivity contribution in [2.24, 2.45) is 23.2 Å². The van der Waals surface area contributed by atoms with E-state index in [4.69, 9.17) is 4.74 Å². The molecule has 4 heteroatoms. The van der Waals surface area contributed by atoms with Crippen molar-refractivity contribution in [1.29, 1.82) is 0 Å². The van der Waals surface area contributed by atoms with Gasteiger partial charge < -0.3 is 4.74 Å². The Morgan fingerprint density at radius 2 is 1.59 bits per heavy atom. The van der Waals surface area contributed by atoms with E-state index in [0.717, 1.165) is 12.2 Å². The highest BCUT2D eigenvalue weighted by molar-refractivity contribution is 6.24. The lowest BCUT2D eigenvalue weighted by Crippen LogP contribution is -2.37. The number of fused-ring (bicyclic) bond motifs is 5. The van der Waals surface area contributed by atoms with Crippen molar-refractivity contribution in [3.05, 3.63) is 66.2 Å². The molecule has 2 amide bonds. The first kappa shape index (κ1) is 16.3. The minimum absolute atomic E-state index is 0.0634. The molecule has 4 atom stereocenters. The third-order valence-corrected chi connectivity index (χ3v) is 6.46. The third kappa shape index (κ3) is 2.22. The molecule has 4 nitrogen and oxygen atoms in total. The standard InChI is InChI=1S/C23H21NO3/c1-14-3-9-18(10-4-14)27-19-11-7-17(8-12-19)24-21(25)20-15-5-6-16(13-15)23(20,2)22(24)26/h3-12,15-16,20H,13H2,1-2H3/t15-,16+,20-,23-/m1/s1. The summed E-state index contributed by atoms with van der Waals surface area (Å²) in [5, 5.41) is 0. The number of benzene rings is 2. The molecule has 0 unspecified atom stereocenters. The summed E-state index contributed by atoms with van der Waals surface area (Å²) in [6.07, 6.45) is 5.16. The van der Waals surface area contributed by atoms with Crippen LogP contribution in [0.5, 0.6) is 11.5 Å². The Morgan fingerprint density at radius 1 is 0.963 bits per heavy atom. The predicted molar refractivity (Wildman–Crippen MR) is 103 cm³/mol. The Hall–Kier alpha value is -2.88. The van der Waals surface area contributed by atoms with Gasteiger partial charge >= 0.3 is 0 Å². The van der Waals surface area contributed by atoms with Crippen LogP contribution in [0.2, 0.25) is 0 Å². The Morgan fingerprint density at radius 3 is 2.22 bits per heavy atom. The van der Waals surface area contributed by atoms with Gasteiger partial charge in [0.15, 0.2) is 0 Å². The van der Waals surface area contributed by atoms with Gasteiger partial charge in [0.25, 0.3) is 0 Å². The first-order valence-electron chi connectivity index (χ1n) is 9.40. The van der Waals surface area contributed by atoms with Crippen molar-refractivity contribution in [3.63, 3.8) is 0 Å². The molecule has 2 aromatic rings. The summed E-state index contributed by atoms with van der Waals surface area (Å²) in [7, 11) is 0. The first-order valence-corrected chi connectivity index (χ1v) is 9.40. The molecule has 0 aromatic heterocycles.